The minimum atomic E-state index is -0.270. The molecular formula is C22H33IN6O4. The van der Waals surface area contributed by atoms with Crippen molar-refractivity contribution in [1.29, 1.82) is 0 Å². The van der Waals surface area contributed by atoms with E-state index in [2.05, 4.69) is 15.5 Å². The molecule has 0 unspecified atom stereocenters. The average molecular weight is 572 g/mol. The molecule has 0 bridgehead atoms. The molecular weight excluding hydrogens is 539 g/mol. The van der Waals surface area contributed by atoms with Crippen LogP contribution in [0.25, 0.3) is 0 Å². The molecule has 2 aliphatic rings. The Balaban J connectivity index is 0.00000385. The van der Waals surface area contributed by atoms with Crippen molar-refractivity contribution in [1.82, 2.24) is 25.3 Å². The second-order valence-corrected chi connectivity index (χ2v) is 7.62. The Morgan fingerprint density at radius 3 is 2.30 bits per heavy atom. The van der Waals surface area contributed by atoms with Crippen LogP contribution in [0.5, 0.6) is 0 Å². The van der Waals surface area contributed by atoms with Crippen LogP contribution in [0.4, 0.5) is 4.79 Å². The van der Waals surface area contributed by atoms with Crippen molar-refractivity contribution in [2.75, 3.05) is 59.0 Å². The van der Waals surface area contributed by atoms with Crippen LogP contribution in [0, 0.1) is 0 Å². The van der Waals surface area contributed by atoms with Gasteiger partial charge in [-0.3, -0.25) is 9.59 Å². The van der Waals surface area contributed by atoms with E-state index >= 15 is 0 Å². The molecule has 10 nitrogen and oxygen atoms in total. The molecule has 2 aliphatic heterocycles. The maximum absolute atomic E-state index is 12.6. The number of benzene rings is 1. The van der Waals surface area contributed by atoms with Crippen LogP contribution < -0.4 is 10.6 Å². The van der Waals surface area contributed by atoms with E-state index in [4.69, 9.17) is 9.73 Å². The maximum Gasteiger partial charge on any atom is 0.409 e. The monoisotopic (exact) mass is 572 g/mol. The molecule has 0 aromatic heterocycles. The molecule has 0 radical (unpaired) electrons. The van der Waals surface area contributed by atoms with Gasteiger partial charge < -0.3 is 30.1 Å². The number of hydrogen-bond acceptors (Lipinski definition) is 5. The Hall–Kier alpha value is -2.57. The first-order chi connectivity index (χ1) is 15.5. The summed E-state index contributed by atoms with van der Waals surface area (Å²) >= 11 is 0. The molecule has 182 valence electrons. The summed E-state index contributed by atoms with van der Waals surface area (Å²) in [5.41, 5.74) is 1.55. The topological polar surface area (TPSA) is 107 Å². The minimum absolute atomic E-state index is 0. The lowest BCUT2D eigenvalue weighted by molar-refractivity contribution is -0.123. The van der Waals surface area contributed by atoms with Gasteiger partial charge in [-0.1, -0.05) is 12.1 Å². The number of guanidine groups is 1. The highest BCUT2D eigenvalue weighted by Crippen LogP contribution is 2.11. The number of hydrogen-bond donors (Lipinski definition) is 2. The van der Waals surface area contributed by atoms with Gasteiger partial charge >= 0.3 is 6.09 Å². The second kappa shape index (κ2) is 13.2. The van der Waals surface area contributed by atoms with Crippen molar-refractivity contribution in [3.05, 3.63) is 35.4 Å². The van der Waals surface area contributed by atoms with Crippen LogP contribution >= 0.6 is 24.0 Å². The fourth-order valence-electron chi connectivity index (χ4n) is 3.65. The van der Waals surface area contributed by atoms with Crippen LogP contribution in [0.2, 0.25) is 0 Å². The highest BCUT2D eigenvalue weighted by Gasteiger charge is 2.24. The van der Waals surface area contributed by atoms with E-state index in [1.165, 1.54) is 0 Å². The molecule has 33 heavy (non-hydrogen) atoms. The molecule has 0 saturated carbocycles. The van der Waals surface area contributed by atoms with Crippen LogP contribution in [0.3, 0.4) is 0 Å². The van der Waals surface area contributed by atoms with Gasteiger partial charge in [-0.05, 0) is 31.5 Å². The molecule has 2 fully saturated rings. The SMILES string of the molecule is CCNC(=NCc1ccc(C(=O)N2CCNC(=O)C2)cc1)N1CCN(C(=O)OCC)CC1.I. The zero-order valence-electron chi connectivity index (χ0n) is 19.2. The molecule has 3 amide bonds. The number of carbonyl (C=O) groups excluding carboxylic acids is 3. The van der Waals surface area contributed by atoms with Gasteiger partial charge in [0.05, 0.1) is 19.7 Å². The van der Waals surface area contributed by atoms with Gasteiger partial charge in [-0.15, -0.1) is 24.0 Å². The molecule has 0 atom stereocenters. The smallest absolute Gasteiger partial charge is 0.409 e. The number of halogens is 1. The number of rotatable bonds is 5. The molecule has 2 N–H and O–H groups in total. The number of carbonyl (C=O) groups is 3. The van der Waals surface area contributed by atoms with Crippen molar-refractivity contribution in [2.45, 2.75) is 20.4 Å². The number of aliphatic imine (C=N–C) groups is 1. The molecule has 2 heterocycles. The van der Waals surface area contributed by atoms with Crippen LogP contribution in [-0.4, -0.2) is 97.5 Å². The maximum atomic E-state index is 12.6. The first kappa shape index (κ1) is 26.7. The van der Waals surface area contributed by atoms with Gasteiger partial charge in [0.25, 0.3) is 5.91 Å². The fraction of sp³-hybridized carbons (Fsp3) is 0.545. The summed E-state index contributed by atoms with van der Waals surface area (Å²) in [6.45, 7) is 9.07. The van der Waals surface area contributed by atoms with E-state index in [0.717, 1.165) is 18.1 Å². The Bertz CT molecular complexity index is 840. The molecule has 2 saturated heterocycles. The first-order valence-corrected chi connectivity index (χ1v) is 11.1. The highest BCUT2D eigenvalue weighted by atomic mass is 127. The summed E-state index contributed by atoms with van der Waals surface area (Å²) in [6.07, 6.45) is -0.270. The molecule has 0 aliphatic carbocycles. The summed E-state index contributed by atoms with van der Waals surface area (Å²) in [5, 5.41) is 6.03. The number of nitrogens with zero attached hydrogens (tertiary/aromatic N) is 4. The lowest BCUT2D eigenvalue weighted by Gasteiger charge is -2.35. The third-order valence-corrected chi connectivity index (χ3v) is 5.38. The molecule has 1 aromatic rings. The van der Waals surface area contributed by atoms with E-state index in [0.29, 0.717) is 58.0 Å². The largest absolute Gasteiger partial charge is 0.450 e. The molecule has 1 aromatic carbocycles. The Morgan fingerprint density at radius 1 is 1.03 bits per heavy atom. The van der Waals surface area contributed by atoms with Crippen molar-refractivity contribution in [3.63, 3.8) is 0 Å². The fourth-order valence-corrected chi connectivity index (χ4v) is 3.65. The second-order valence-electron chi connectivity index (χ2n) is 7.62. The Kier molecular flexibility index (Phi) is 10.7. The standard InChI is InChI=1S/C22H32N6O4.HI/c1-3-23-21(26-11-13-27(14-12-26)22(31)32-4-2)25-15-17-5-7-18(8-6-17)20(30)28-10-9-24-19(29)16-28;/h5-8H,3-4,9-16H2,1-2H3,(H,23,25)(H,24,29);1H. The van der Waals surface area contributed by atoms with Gasteiger partial charge in [0.15, 0.2) is 5.96 Å². The van der Waals surface area contributed by atoms with Crippen LogP contribution in [0.15, 0.2) is 29.3 Å². The van der Waals surface area contributed by atoms with E-state index in [1.54, 1.807) is 28.9 Å². The number of amides is 3. The van der Waals surface area contributed by atoms with Crippen molar-refractivity contribution in [3.8, 4) is 0 Å². The van der Waals surface area contributed by atoms with E-state index in [9.17, 15) is 14.4 Å². The predicted molar refractivity (Wildman–Crippen MR) is 136 cm³/mol. The summed E-state index contributed by atoms with van der Waals surface area (Å²) in [6, 6.07) is 7.35. The van der Waals surface area contributed by atoms with Crippen LogP contribution in [0.1, 0.15) is 29.8 Å². The van der Waals surface area contributed by atoms with Gasteiger partial charge in [-0.2, -0.15) is 0 Å². The quantitative estimate of drug-likeness (QED) is 0.311. The zero-order chi connectivity index (χ0) is 22.9. The molecule has 0 spiro atoms. The van der Waals surface area contributed by atoms with Gasteiger partial charge in [0.2, 0.25) is 5.91 Å². The third-order valence-electron chi connectivity index (χ3n) is 5.38. The van der Waals surface area contributed by atoms with E-state index in [-0.39, 0.29) is 48.4 Å². The average Bonchev–Trinajstić information content (AvgIpc) is 2.82. The number of ether oxygens (including phenoxy) is 1. The Labute approximate surface area is 211 Å². The number of nitrogens with one attached hydrogen (secondary N) is 2. The summed E-state index contributed by atoms with van der Waals surface area (Å²) in [7, 11) is 0. The van der Waals surface area contributed by atoms with Crippen molar-refractivity contribution in [2.24, 2.45) is 4.99 Å². The van der Waals surface area contributed by atoms with Gasteiger partial charge in [0.1, 0.15) is 0 Å². The summed E-state index contributed by atoms with van der Waals surface area (Å²) in [5.74, 6) is 0.535. The number of piperazine rings is 2. The Morgan fingerprint density at radius 2 is 1.70 bits per heavy atom. The summed E-state index contributed by atoms with van der Waals surface area (Å²) < 4.78 is 5.08. The van der Waals surface area contributed by atoms with E-state index < -0.39 is 0 Å². The van der Waals surface area contributed by atoms with Gasteiger partial charge in [-0.25, -0.2) is 9.79 Å². The zero-order valence-corrected chi connectivity index (χ0v) is 21.5. The first-order valence-electron chi connectivity index (χ1n) is 11.1. The molecule has 3 rings (SSSR count). The highest BCUT2D eigenvalue weighted by molar-refractivity contribution is 14.0. The van der Waals surface area contributed by atoms with Crippen LogP contribution in [-0.2, 0) is 16.1 Å². The van der Waals surface area contributed by atoms with Crippen molar-refractivity contribution < 1.29 is 19.1 Å². The predicted octanol–water partition coefficient (Wildman–Crippen LogP) is 1.12. The normalized spacial score (nSPS) is 16.6. The third kappa shape index (κ3) is 7.47. The minimum Gasteiger partial charge on any atom is -0.450 e. The van der Waals surface area contributed by atoms with E-state index in [1.807, 2.05) is 19.1 Å². The van der Waals surface area contributed by atoms with Crippen molar-refractivity contribution >= 4 is 47.8 Å². The molecule has 11 heteroatoms. The van der Waals surface area contributed by atoms with Gasteiger partial charge in [0, 0.05) is 51.4 Å². The lowest BCUT2D eigenvalue weighted by atomic mass is 10.1. The lowest BCUT2D eigenvalue weighted by Crippen LogP contribution is -2.53. The summed E-state index contributed by atoms with van der Waals surface area (Å²) in [4.78, 5) is 46.2.